The Morgan fingerprint density at radius 3 is 1.15 bits per heavy atom. The van der Waals surface area contributed by atoms with E-state index >= 15 is 0 Å². The molecule has 0 radical (unpaired) electrons. The Kier molecular flexibility index (Phi) is 11.8. The Morgan fingerprint density at radius 1 is 0.481 bits per heavy atom. The molecule has 0 saturated heterocycles. The summed E-state index contributed by atoms with van der Waals surface area (Å²) in [6.45, 7) is 12.3. The monoisotopic (exact) mass is 730 g/mol. The molecule has 7 heterocycles. The third-order valence-electron chi connectivity index (χ3n) is 11.0. The lowest BCUT2D eigenvalue weighted by atomic mass is 9.78. The van der Waals surface area contributed by atoms with E-state index in [1.807, 2.05) is 24.3 Å². The summed E-state index contributed by atoms with van der Waals surface area (Å²) >= 11 is 0. The van der Waals surface area contributed by atoms with Gasteiger partial charge in [-0.05, 0) is 96.5 Å². The molecule has 8 heteroatoms. The topological polar surface area (TPSA) is 80.1 Å². The minimum atomic E-state index is -0.453. The quantitative estimate of drug-likeness (QED) is 0.205. The molecule has 8 nitrogen and oxygen atoms in total. The molecule has 2 atom stereocenters. The van der Waals surface area contributed by atoms with Crippen molar-refractivity contribution in [2.24, 2.45) is 15.4 Å². The molecule has 0 aromatic heterocycles. The van der Waals surface area contributed by atoms with Gasteiger partial charge in [-0.1, -0.05) is 76.2 Å². The van der Waals surface area contributed by atoms with E-state index in [0.717, 1.165) is 73.3 Å². The smallest absolute Gasteiger partial charge is 0.199 e. The van der Waals surface area contributed by atoms with Crippen molar-refractivity contribution in [1.82, 2.24) is 0 Å². The second-order valence-corrected chi connectivity index (χ2v) is 15.1. The van der Waals surface area contributed by atoms with Crippen LogP contribution in [0.5, 0.6) is 23.0 Å². The first-order valence-electron chi connectivity index (χ1n) is 19.7. The first-order valence-corrected chi connectivity index (χ1v) is 19.7. The average molecular weight is 731 g/mol. The Morgan fingerprint density at radius 2 is 0.815 bits per heavy atom. The number of ether oxygens (including phenoxy) is 6. The van der Waals surface area contributed by atoms with Crippen LogP contribution < -0.4 is 18.9 Å². The third-order valence-corrected chi connectivity index (χ3v) is 11.0. The maximum absolute atomic E-state index is 6.31. The summed E-state index contributed by atoms with van der Waals surface area (Å²) in [7, 11) is 0. The summed E-state index contributed by atoms with van der Waals surface area (Å²) in [4.78, 5) is 10.2. The Labute approximate surface area is 320 Å². The van der Waals surface area contributed by atoms with Gasteiger partial charge in [-0.15, -0.1) is 0 Å². The SMILES string of the molecule is CCC1(CC)C2=N[C@H](CO2)Cc2ccc(cc2)OCCCOc2ccc(cc2)C(C)(C)c2ccc(cc2)OCCCOc2ccc(cc2)C[C@H]2COC1=N2. The lowest BCUT2D eigenvalue weighted by molar-refractivity contribution is 0.244. The van der Waals surface area contributed by atoms with Crippen LogP contribution >= 0.6 is 0 Å². The summed E-state index contributed by atoms with van der Waals surface area (Å²) in [5.74, 6) is 4.93. The zero-order chi connectivity index (χ0) is 37.4. The highest BCUT2D eigenvalue weighted by Crippen LogP contribution is 2.37. The van der Waals surface area contributed by atoms with Crippen molar-refractivity contribution in [3.05, 3.63) is 119 Å². The van der Waals surface area contributed by atoms with Crippen LogP contribution in [0.25, 0.3) is 0 Å². The van der Waals surface area contributed by atoms with E-state index in [1.165, 1.54) is 22.3 Å². The summed E-state index contributed by atoms with van der Waals surface area (Å²) in [5, 5.41) is 0. The summed E-state index contributed by atoms with van der Waals surface area (Å²) in [6, 6.07) is 33.6. The van der Waals surface area contributed by atoms with Gasteiger partial charge < -0.3 is 28.4 Å². The molecule has 4 aromatic rings. The van der Waals surface area contributed by atoms with Crippen molar-refractivity contribution in [2.75, 3.05) is 39.6 Å². The standard InChI is InChI=1S/C46H54N2O6/c1-5-46(6-2)43-47-37(31-53-43)29-33-9-17-39(18-10-33)49-25-7-27-51-41-21-13-35(14-22-41)45(3,4)36-15-23-42(24-16-36)52-28-8-26-50-40-19-11-34(12-20-40)30-38-32-54-44(46)48-38/h9-24,37-38H,5-8,25-32H2,1-4H3/t37-,38-/m0/s1. The number of rotatable bonds is 2. The Hall–Kier alpha value is -4.98. The van der Waals surface area contributed by atoms with Crippen LogP contribution in [0, 0.1) is 5.41 Å². The fourth-order valence-electron chi connectivity index (χ4n) is 7.48. The summed E-state index contributed by atoms with van der Waals surface area (Å²) in [6.07, 6.45) is 4.79. The molecule has 0 saturated carbocycles. The number of aliphatic imine (C=N–C) groups is 2. The van der Waals surface area contributed by atoms with Gasteiger partial charge in [-0.25, -0.2) is 9.98 Å². The minimum absolute atomic E-state index is 0.0470. The predicted octanol–water partition coefficient (Wildman–Crippen LogP) is 9.21. The zero-order valence-electron chi connectivity index (χ0n) is 32.2. The fraction of sp³-hybridized carbons (Fsp3) is 0.435. The van der Waals surface area contributed by atoms with Crippen LogP contribution in [0.2, 0.25) is 0 Å². The van der Waals surface area contributed by atoms with Crippen molar-refractivity contribution in [2.45, 2.75) is 83.7 Å². The van der Waals surface area contributed by atoms with E-state index in [9.17, 15) is 0 Å². The van der Waals surface area contributed by atoms with Crippen LogP contribution in [0.1, 0.15) is 75.6 Å². The van der Waals surface area contributed by atoms with Crippen molar-refractivity contribution in [3.63, 3.8) is 0 Å². The number of nitrogens with zero attached hydrogens (tertiary/aromatic N) is 2. The van der Waals surface area contributed by atoms with E-state index in [2.05, 4.69) is 100 Å². The van der Waals surface area contributed by atoms with Gasteiger partial charge in [0.25, 0.3) is 0 Å². The molecule has 7 aliphatic heterocycles. The van der Waals surface area contributed by atoms with Gasteiger partial charge >= 0.3 is 0 Å². The van der Waals surface area contributed by atoms with E-state index in [0.29, 0.717) is 39.6 Å². The van der Waals surface area contributed by atoms with Crippen molar-refractivity contribution in [3.8, 4) is 23.0 Å². The molecule has 284 valence electrons. The molecule has 0 N–H and O–H groups in total. The molecular formula is C46H54N2O6. The highest BCUT2D eigenvalue weighted by Gasteiger charge is 2.46. The Bertz CT molecular complexity index is 1730. The fourth-order valence-corrected chi connectivity index (χ4v) is 7.48. The molecule has 54 heavy (non-hydrogen) atoms. The molecule has 0 fully saturated rings. The van der Waals surface area contributed by atoms with Crippen LogP contribution in [0.15, 0.2) is 107 Å². The summed E-state index contributed by atoms with van der Waals surface area (Å²) < 4.78 is 36.8. The molecule has 4 aromatic carbocycles. The van der Waals surface area contributed by atoms with Crippen LogP contribution in [0.4, 0.5) is 0 Å². The third kappa shape index (κ3) is 8.69. The second-order valence-electron chi connectivity index (χ2n) is 15.1. The molecule has 0 amide bonds. The molecule has 12 bridgehead atoms. The predicted molar refractivity (Wildman–Crippen MR) is 214 cm³/mol. The maximum Gasteiger partial charge on any atom is 0.199 e. The first kappa shape index (κ1) is 37.3. The van der Waals surface area contributed by atoms with Gasteiger partial charge in [0, 0.05) is 18.3 Å². The van der Waals surface area contributed by atoms with Crippen LogP contribution in [-0.4, -0.2) is 63.5 Å². The van der Waals surface area contributed by atoms with E-state index < -0.39 is 5.41 Å². The van der Waals surface area contributed by atoms with Crippen molar-refractivity contribution in [1.29, 1.82) is 0 Å². The molecule has 11 rings (SSSR count). The molecule has 7 aliphatic rings. The molecule has 0 aliphatic carbocycles. The van der Waals surface area contributed by atoms with Crippen LogP contribution in [-0.2, 0) is 27.7 Å². The van der Waals surface area contributed by atoms with E-state index in [1.54, 1.807) is 0 Å². The average Bonchev–Trinajstić information content (AvgIpc) is 3.87. The summed E-state index contributed by atoms with van der Waals surface area (Å²) in [5.41, 5.74) is 4.23. The maximum atomic E-state index is 6.31. The molecule has 0 spiro atoms. The van der Waals surface area contributed by atoms with Crippen molar-refractivity contribution >= 4 is 11.8 Å². The van der Waals surface area contributed by atoms with Crippen molar-refractivity contribution < 1.29 is 28.4 Å². The van der Waals surface area contributed by atoms with Gasteiger partial charge in [-0.2, -0.15) is 0 Å². The number of benzene rings is 4. The largest absolute Gasteiger partial charge is 0.493 e. The number of hydrogen-bond donors (Lipinski definition) is 0. The lowest BCUT2D eigenvalue weighted by Crippen LogP contribution is -2.39. The minimum Gasteiger partial charge on any atom is -0.493 e. The molecule has 0 unspecified atom stereocenters. The van der Waals surface area contributed by atoms with E-state index in [-0.39, 0.29) is 17.5 Å². The normalized spacial score (nSPS) is 21.4. The van der Waals surface area contributed by atoms with E-state index in [4.69, 9.17) is 38.4 Å². The molecular weight excluding hydrogens is 677 g/mol. The van der Waals surface area contributed by atoms with Gasteiger partial charge in [-0.3, -0.25) is 0 Å². The number of hydrogen-bond acceptors (Lipinski definition) is 8. The highest BCUT2D eigenvalue weighted by atomic mass is 16.5. The van der Waals surface area contributed by atoms with Gasteiger partial charge in [0.15, 0.2) is 11.8 Å². The van der Waals surface area contributed by atoms with Gasteiger partial charge in [0.05, 0.1) is 38.5 Å². The van der Waals surface area contributed by atoms with Gasteiger partial charge in [0.1, 0.15) is 41.6 Å². The lowest BCUT2D eigenvalue weighted by Gasteiger charge is -2.29. The van der Waals surface area contributed by atoms with Crippen LogP contribution in [0.3, 0.4) is 0 Å². The zero-order valence-corrected chi connectivity index (χ0v) is 32.2. The number of fused-ring (bicyclic) bond motifs is 4. The van der Waals surface area contributed by atoms with Gasteiger partial charge in [0.2, 0.25) is 0 Å². The second kappa shape index (κ2) is 17.0. The Balaban J connectivity index is 1.04. The highest BCUT2D eigenvalue weighted by molar-refractivity contribution is 6.06. The first-order chi connectivity index (χ1) is 26.3.